The zero-order chi connectivity index (χ0) is 14.0. The molecule has 3 nitrogen and oxygen atoms in total. The number of hydrogen-bond acceptors (Lipinski definition) is 2. The van der Waals surface area contributed by atoms with Gasteiger partial charge in [-0.05, 0) is 48.9 Å². The van der Waals surface area contributed by atoms with Crippen LogP contribution in [0.25, 0.3) is 0 Å². The Labute approximate surface area is 114 Å². The molecule has 0 spiro atoms. The molecular weight excluding hydrogens is 269 g/mol. The van der Waals surface area contributed by atoms with Gasteiger partial charge in [-0.15, -0.1) is 0 Å². The zero-order valence-electron chi connectivity index (χ0n) is 10.1. The number of hydrogen-bond donors (Lipinski definition) is 2. The van der Waals surface area contributed by atoms with Crippen LogP contribution in [0.2, 0.25) is 5.02 Å². The first-order chi connectivity index (χ1) is 8.97. The fraction of sp³-hybridized carbons (Fsp3) is 0.0714. The summed E-state index contributed by atoms with van der Waals surface area (Å²) < 4.78 is 13.0. The summed E-state index contributed by atoms with van der Waals surface area (Å²) in [5, 5.41) is 11.9. The van der Waals surface area contributed by atoms with Crippen LogP contribution >= 0.6 is 11.6 Å². The van der Waals surface area contributed by atoms with E-state index in [9.17, 15) is 14.3 Å². The maximum absolute atomic E-state index is 13.0. The van der Waals surface area contributed by atoms with Gasteiger partial charge in [-0.25, -0.2) is 4.39 Å². The third-order valence-corrected chi connectivity index (χ3v) is 2.93. The first-order valence-electron chi connectivity index (χ1n) is 5.53. The van der Waals surface area contributed by atoms with Gasteiger partial charge in [-0.3, -0.25) is 4.79 Å². The van der Waals surface area contributed by atoms with E-state index in [2.05, 4.69) is 5.32 Å². The van der Waals surface area contributed by atoms with Crippen molar-refractivity contribution in [3.8, 4) is 5.75 Å². The number of anilines is 1. The van der Waals surface area contributed by atoms with E-state index in [0.29, 0.717) is 11.3 Å². The van der Waals surface area contributed by atoms with Gasteiger partial charge < -0.3 is 10.4 Å². The lowest BCUT2D eigenvalue weighted by Gasteiger charge is -2.07. The number of amides is 1. The summed E-state index contributed by atoms with van der Waals surface area (Å²) in [6.07, 6.45) is 0. The largest absolute Gasteiger partial charge is 0.508 e. The van der Waals surface area contributed by atoms with Gasteiger partial charge in [0.25, 0.3) is 5.91 Å². The van der Waals surface area contributed by atoms with Crippen LogP contribution in [0.4, 0.5) is 10.1 Å². The lowest BCUT2D eigenvalue weighted by molar-refractivity contribution is 0.102. The minimum Gasteiger partial charge on any atom is -0.508 e. The molecule has 98 valence electrons. The van der Waals surface area contributed by atoms with Crippen LogP contribution in [0.5, 0.6) is 5.75 Å². The van der Waals surface area contributed by atoms with E-state index in [1.165, 1.54) is 18.2 Å². The zero-order valence-corrected chi connectivity index (χ0v) is 10.8. The summed E-state index contributed by atoms with van der Waals surface area (Å²) in [7, 11) is 0. The van der Waals surface area contributed by atoms with Gasteiger partial charge in [-0.1, -0.05) is 11.6 Å². The fourth-order valence-corrected chi connectivity index (χ4v) is 1.75. The van der Waals surface area contributed by atoms with Gasteiger partial charge in [0.2, 0.25) is 0 Å². The molecule has 0 atom stereocenters. The first kappa shape index (κ1) is 13.4. The Hall–Kier alpha value is -2.07. The number of phenols is 1. The van der Waals surface area contributed by atoms with Gasteiger partial charge in [0.1, 0.15) is 11.6 Å². The van der Waals surface area contributed by atoms with Crippen LogP contribution in [0.15, 0.2) is 36.4 Å². The van der Waals surface area contributed by atoms with Gasteiger partial charge in [0, 0.05) is 11.3 Å². The summed E-state index contributed by atoms with van der Waals surface area (Å²) in [6, 6.07) is 8.45. The number of benzene rings is 2. The highest BCUT2D eigenvalue weighted by Gasteiger charge is 2.09. The molecule has 0 heterocycles. The fourth-order valence-electron chi connectivity index (χ4n) is 1.57. The number of nitrogens with one attached hydrogen (secondary N) is 1. The lowest BCUT2D eigenvalue weighted by atomic mass is 10.1. The van der Waals surface area contributed by atoms with Gasteiger partial charge in [0.15, 0.2) is 0 Å². The van der Waals surface area contributed by atoms with Crippen molar-refractivity contribution in [1.29, 1.82) is 0 Å². The molecule has 0 radical (unpaired) electrons. The molecule has 19 heavy (non-hydrogen) atoms. The van der Waals surface area contributed by atoms with Crippen LogP contribution < -0.4 is 5.32 Å². The van der Waals surface area contributed by atoms with E-state index in [0.717, 1.165) is 6.07 Å². The van der Waals surface area contributed by atoms with Crippen molar-refractivity contribution in [3.63, 3.8) is 0 Å². The van der Waals surface area contributed by atoms with E-state index in [1.807, 2.05) is 0 Å². The molecule has 1 amide bonds. The van der Waals surface area contributed by atoms with Gasteiger partial charge in [0.05, 0.1) is 5.02 Å². The smallest absolute Gasteiger partial charge is 0.255 e. The first-order valence-corrected chi connectivity index (χ1v) is 5.91. The van der Waals surface area contributed by atoms with E-state index in [1.54, 1.807) is 19.1 Å². The van der Waals surface area contributed by atoms with Crippen LogP contribution in [-0.4, -0.2) is 11.0 Å². The number of halogens is 2. The Morgan fingerprint density at radius 3 is 2.63 bits per heavy atom. The van der Waals surface area contributed by atoms with Crippen molar-refractivity contribution in [1.82, 2.24) is 0 Å². The molecule has 2 N–H and O–H groups in total. The summed E-state index contributed by atoms with van der Waals surface area (Å²) in [5.74, 6) is -0.812. The summed E-state index contributed by atoms with van der Waals surface area (Å²) in [5.41, 5.74) is 1.45. The highest BCUT2D eigenvalue weighted by molar-refractivity contribution is 6.31. The van der Waals surface area contributed by atoms with E-state index >= 15 is 0 Å². The molecule has 0 aliphatic rings. The molecule has 2 aromatic rings. The Balaban J connectivity index is 2.20. The molecule has 2 rings (SSSR count). The van der Waals surface area contributed by atoms with E-state index < -0.39 is 11.7 Å². The van der Waals surface area contributed by atoms with Crippen molar-refractivity contribution in [2.75, 3.05) is 5.32 Å². The molecule has 0 saturated heterocycles. The Morgan fingerprint density at radius 1 is 1.26 bits per heavy atom. The summed E-state index contributed by atoms with van der Waals surface area (Å²) >= 11 is 5.62. The van der Waals surface area contributed by atoms with Crippen molar-refractivity contribution < 1.29 is 14.3 Å². The quantitative estimate of drug-likeness (QED) is 0.823. The van der Waals surface area contributed by atoms with E-state index in [4.69, 9.17) is 11.6 Å². The van der Waals surface area contributed by atoms with Crippen molar-refractivity contribution >= 4 is 23.2 Å². The van der Waals surface area contributed by atoms with Crippen LogP contribution in [0, 0.1) is 12.7 Å². The third-order valence-electron chi connectivity index (χ3n) is 2.64. The molecule has 2 aromatic carbocycles. The average molecular weight is 280 g/mol. The topological polar surface area (TPSA) is 49.3 Å². The van der Waals surface area contributed by atoms with Crippen molar-refractivity contribution in [2.24, 2.45) is 0 Å². The highest BCUT2D eigenvalue weighted by Crippen LogP contribution is 2.21. The van der Waals surface area contributed by atoms with Crippen LogP contribution in [0.3, 0.4) is 0 Å². The SMILES string of the molecule is Cc1cc(NC(=O)c2ccc(F)c(Cl)c2)ccc1O. The predicted molar refractivity (Wildman–Crippen MR) is 72.2 cm³/mol. The number of carbonyl (C=O) groups excluding carboxylic acids is 1. The Bertz CT molecular complexity index is 643. The third kappa shape index (κ3) is 3.03. The normalized spacial score (nSPS) is 10.3. The second kappa shape index (κ2) is 5.28. The summed E-state index contributed by atoms with van der Waals surface area (Å²) in [4.78, 5) is 11.9. The van der Waals surface area contributed by atoms with Crippen molar-refractivity contribution in [3.05, 3.63) is 58.4 Å². The molecule has 0 fully saturated rings. The number of phenolic OH excluding ortho intramolecular Hbond substituents is 1. The number of aryl methyl sites for hydroxylation is 1. The minimum absolute atomic E-state index is 0.102. The molecule has 0 aliphatic heterocycles. The summed E-state index contributed by atoms with van der Waals surface area (Å²) in [6.45, 7) is 1.72. The minimum atomic E-state index is -0.571. The average Bonchev–Trinajstić information content (AvgIpc) is 2.37. The maximum Gasteiger partial charge on any atom is 0.255 e. The number of rotatable bonds is 2. The predicted octanol–water partition coefficient (Wildman–Crippen LogP) is 3.75. The van der Waals surface area contributed by atoms with Gasteiger partial charge >= 0.3 is 0 Å². The van der Waals surface area contributed by atoms with Crippen molar-refractivity contribution in [2.45, 2.75) is 6.92 Å². The molecule has 0 bridgehead atoms. The van der Waals surface area contributed by atoms with E-state index in [-0.39, 0.29) is 16.3 Å². The number of aromatic hydroxyl groups is 1. The van der Waals surface area contributed by atoms with Gasteiger partial charge in [-0.2, -0.15) is 0 Å². The molecular formula is C14H11ClFNO2. The lowest BCUT2D eigenvalue weighted by Crippen LogP contribution is -2.12. The monoisotopic (exact) mass is 279 g/mol. The second-order valence-electron chi connectivity index (χ2n) is 4.08. The molecule has 5 heteroatoms. The molecule has 0 saturated carbocycles. The standard InChI is InChI=1S/C14H11ClFNO2/c1-8-6-10(3-5-13(8)18)17-14(19)9-2-4-12(16)11(15)7-9/h2-7,18H,1H3,(H,17,19). The molecule has 0 aromatic heterocycles. The van der Waals surface area contributed by atoms with Crippen LogP contribution in [0.1, 0.15) is 15.9 Å². The Morgan fingerprint density at radius 2 is 2.00 bits per heavy atom. The number of carbonyl (C=O) groups is 1. The second-order valence-corrected chi connectivity index (χ2v) is 4.49. The molecule has 0 unspecified atom stereocenters. The Kier molecular flexibility index (Phi) is 3.71. The molecule has 0 aliphatic carbocycles. The van der Waals surface area contributed by atoms with Crippen LogP contribution in [-0.2, 0) is 0 Å². The highest BCUT2D eigenvalue weighted by atomic mass is 35.5. The maximum atomic E-state index is 13.0.